The van der Waals surface area contributed by atoms with Gasteiger partial charge in [0.05, 0.1) is 0 Å². The van der Waals surface area contributed by atoms with E-state index in [0.717, 1.165) is 35.5 Å². The third-order valence-electron chi connectivity index (χ3n) is 14.1. The first kappa shape index (κ1) is 22.8. The molecule has 0 aromatic carbocycles. The lowest BCUT2D eigenvalue weighted by Crippen LogP contribution is -2.65. The highest BCUT2D eigenvalue weighted by atomic mass is 14.7. The average Bonchev–Trinajstić information content (AvgIpc) is 3.04. The lowest BCUT2D eigenvalue weighted by molar-refractivity contribution is -0.241. The highest BCUT2D eigenvalue weighted by Crippen LogP contribution is 2.78. The Morgan fingerprint density at radius 3 is 1.90 bits per heavy atom. The molecule has 5 rings (SSSR count). The summed E-state index contributed by atoms with van der Waals surface area (Å²) in [5.41, 5.74) is 2.91. The van der Waals surface area contributed by atoms with E-state index in [1.807, 2.05) is 0 Å². The molecule has 0 nitrogen and oxygen atoms in total. The smallest absolute Gasteiger partial charge is 0.0235 e. The first-order chi connectivity index (χ1) is 14.4. The molecule has 0 aliphatic heterocycles. The topological polar surface area (TPSA) is 0 Å². The molecule has 5 fully saturated rings. The van der Waals surface area contributed by atoms with Gasteiger partial charge in [-0.1, -0.05) is 68.2 Å². The zero-order valence-electron chi connectivity index (χ0n) is 22.4. The fraction of sp³-hybridized carbons (Fsp3) is 1.00. The molecular formula is C31H54. The molecule has 5 aliphatic carbocycles. The van der Waals surface area contributed by atoms with Crippen LogP contribution in [0.4, 0.5) is 0 Å². The summed E-state index contributed by atoms with van der Waals surface area (Å²) in [6, 6.07) is 0. The fourth-order valence-corrected chi connectivity index (χ4v) is 12.3. The molecule has 0 heterocycles. The van der Waals surface area contributed by atoms with E-state index in [0.29, 0.717) is 27.1 Å². The quantitative estimate of drug-likeness (QED) is 0.412. The molecule has 178 valence electrons. The van der Waals surface area contributed by atoms with Crippen molar-refractivity contribution in [2.45, 2.75) is 132 Å². The van der Waals surface area contributed by atoms with Gasteiger partial charge in [-0.05, 0) is 127 Å². The van der Waals surface area contributed by atoms with Gasteiger partial charge in [0, 0.05) is 0 Å². The van der Waals surface area contributed by atoms with Crippen LogP contribution >= 0.6 is 0 Å². The maximum absolute atomic E-state index is 2.82. The molecule has 0 bridgehead atoms. The lowest BCUT2D eigenvalue weighted by atomic mass is 9.32. The van der Waals surface area contributed by atoms with Gasteiger partial charge >= 0.3 is 0 Å². The summed E-state index contributed by atoms with van der Waals surface area (Å²) in [4.78, 5) is 0. The van der Waals surface area contributed by atoms with Crippen molar-refractivity contribution in [3.8, 4) is 0 Å². The predicted molar refractivity (Wildman–Crippen MR) is 134 cm³/mol. The summed E-state index contributed by atoms with van der Waals surface area (Å²) in [7, 11) is 0. The maximum atomic E-state index is 2.82. The van der Waals surface area contributed by atoms with E-state index in [1.54, 1.807) is 6.42 Å². The van der Waals surface area contributed by atoms with Gasteiger partial charge in [0.1, 0.15) is 0 Å². The molecule has 0 spiro atoms. The standard InChI is InChI=1S/C31H54/c1-9-21(2)22-13-18-28(5)23(22)14-19-30(7)25(28)11-12-26-29(6)17-10-16-27(3,4)24(29)15-20-31(26,30)8/h21-26H,9-20H2,1-8H3/t21?,22-,23-,24?,25?,26?,28+,29+,30-,31-/m1/s1. The summed E-state index contributed by atoms with van der Waals surface area (Å²) < 4.78 is 0. The maximum Gasteiger partial charge on any atom is -0.0235 e. The van der Waals surface area contributed by atoms with Crippen LogP contribution in [0.3, 0.4) is 0 Å². The first-order valence-corrected chi connectivity index (χ1v) is 14.4. The van der Waals surface area contributed by atoms with Crippen LogP contribution in [-0.4, -0.2) is 0 Å². The van der Waals surface area contributed by atoms with Crippen molar-refractivity contribution in [2.24, 2.45) is 62.6 Å². The Hall–Kier alpha value is 0. The Morgan fingerprint density at radius 1 is 0.645 bits per heavy atom. The molecule has 0 aromatic rings. The van der Waals surface area contributed by atoms with Crippen LogP contribution in [0.1, 0.15) is 132 Å². The van der Waals surface area contributed by atoms with Gasteiger partial charge in [-0.15, -0.1) is 0 Å². The van der Waals surface area contributed by atoms with E-state index in [9.17, 15) is 0 Å². The van der Waals surface area contributed by atoms with Crippen molar-refractivity contribution in [2.75, 3.05) is 0 Å². The van der Waals surface area contributed by atoms with E-state index in [2.05, 4.69) is 55.4 Å². The van der Waals surface area contributed by atoms with E-state index < -0.39 is 0 Å². The summed E-state index contributed by atoms with van der Waals surface area (Å²) in [6.07, 6.45) is 18.1. The Labute approximate surface area is 195 Å². The van der Waals surface area contributed by atoms with Gasteiger partial charge in [-0.3, -0.25) is 0 Å². The summed E-state index contributed by atoms with van der Waals surface area (Å²) >= 11 is 0. The Bertz CT molecular complexity index is 705. The molecule has 0 aromatic heterocycles. The largest absolute Gasteiger partial charge is 0.0651 e. The molecule has 0 radical (unpaired) electrons. The number of hydrogen-bond donors (Lipinski definition) is 0. The zero-order valence-corrected chi connectivity index (χ0v) is 22.4. The zero-order chi connectivity index (χ0) is 22.4. The third kappa shape index (κ3) is 2.78. The Kier molecular flexibility index (Phi) is 5.15. The lowest BCUT2D eigenvalue weighted by Gasteiger charge is -2.73. The van der Waals surface area contributed by atoms with Gasteiger partial charge in [0.15, 0.2) is 0 Å². The normalized spacial score (nSPS) is 56.7. The van der Waals surface area contributed by atoms with Crippen molar-refractivity contribution in [3.63, 3.8) is 0 Å². The second-order valence-corrected chi connectivity index (χ2v) is 15.2. The second-order valence-electron chi connectivity index (χ2n) is 15.2. The van der Waals surface area contributed by atoms with Gasteiger partial charge in [-0.2, -0.15) is 0 Å². The molecule has 31 heavy (non-hydrogen) atoms. The van der Waals surface area contributed by atoms with E-state index >= 15 is 0 Å². The number of fused-ring (bicyclic) bond motifs is 7. The van der Waals surface area contributed by atoms with Crippen LogP contribution in [0.15, 0.2) is 0 Å². The van der Waals surface area contributed by atoms with E-state index in [4.69, 9.17) is 0 Å². The molecule has 0 heteroatoms. The molecule has 5 aliphatic rings. The van der Waals surface area contributed by atoms with Crippen molar-refractivity contribution < 1.29 is 0 Å². The molecule has 0 amide bonds. The molecule has 10 atom stereocenters. The molecule has 0 saturated heterocycles. The van der Waals surface area contributed by atoms with Crippen molar-refractivity contribution >= 4 is 0 Å². The third-order valence-corrected chi connectivity index (χ3v) is 14.1. The van der Waals surface area contributed by atoms with Crippen LogP contribution in [0.2, 0.25) is 0 Å². The minimum absolute atomic E-state index is 0.560. The predicted octanol–water partition coefficient (Wildman–Crippen LogP) is 9.52. The Morgan fingerprint density at radius 2 is 1.26 bits per heavy atom. The Balaban J connectivity index is 1.50. The summed E-state index contributed by atoms with van der Waals surface area (Å²) in [5, 5.41) is 0. The van der Waals surface area contributed by atoms with E-state index in [-0.39, 0.29) is 0 Å². The molecule has 4 unspecified atom stereocenters. The van der Waals surface area contributed by atoms with Gasteiger partial charge in [-0.25, -0.2) is 0 Å². The van der Waals surface area contributed by atoms with Crippen LogP contribution in [0, 0.1) is 62.6 Å². The van der Waals surface area contributed by atoms with Gasteiger partial charge < -0.3 is 0 Å². The van der Waals surface area contributed by atoms with Gasteiger partial charge in [0.2, 0.25) is 0 Å². The molecule has 5 saturated carbocycles. The second kappa shape index (κ2) is 7.01. The van der Waals surface area contributed by atoms with Crippen LogP contribution in [0.5, 0.6) is 0 Å². The fourth-order valence-electron chi connectivity index (χ4n) is 12.3. The SMILES string of the molecule is CCC(C)[C@H]1CC[C@]2(C)C3CCC4[C@@]5(C)CCCC(C)(C)C5CC[C@@]4(C)[C@]3(C)CC[C@H]12. The number of rotatable bonds is 2. The highest BCUT2D eigenvalue weighted by Gasteiger charge is 2.70. The highest BCUT2D eigenvalue weighted by molar-refractivity contribution is 5.19. The number of hydrogen-bond acceptors (Lipinski definition) is 0. The van der Waals surface area contributed by atoms with E-state index in [1.165, 1.54) is 70.6 Å². The van der Waals surface area contributed by atoms with Crippen LogP contribution in [0.25, 0.3) is 0 Å². The minimum Gasteiger partial charge on any atom is -0.0651 e. The van der Waals surface area contributed by atoms with Crippen molar-refractivity contribution in [3.05, 3.63) is 0 Å². The minimum atomic E-state index is 0.560. The van der Waals surface area contributed by atoms with Crippen molar-refractivity contribution in [1.82, 2.24) is 0 Å². The summed E-state index contributed by atoms with van der Waals surface area (Å²) in [6.45, 7) is 21.4. The van der Waals surface area contributed by atoms with Crippen LogP contribution < -0.4 is 0 Å². The average molecular weight is 427 g/mol. The van der Waals surface area contributed by atoms with Crippen LogP contribution in [-0.2, 0) is 0 Å². The van der Waals surface area contributed by atoms with Gasteiger partial charge in [0.25, 0.3) is 0 Å². The molecular weight excluding hydrogens is 372 g/mol. The summed E-state index contributed by atoms with van der Waals surface area (Å²) in [5.74, 6) is 5.86. The van der Waals surface area contributed by atoms with Crippen molar-refractivity contribution in [1.29, 1.82) is 0 Å². The molecule has 0 N–H and O–H groups in total. The monoisotopic (exact) mass is 426 g/mol. The first-order valence-electron chi connectivity index (χ1n) is 14.4.